The molecule has 0 fully saturated rings. The van der Waals surface area contributed by atoms with Gasteiger partial charge in [0.25, 0.3) is 0 Å². The minimum absolute atomic E-state index is 0.109. The summed E-state index contributed by atoms with van der Waals surface area (Å²) in [6.45, 7) is 22.7. The standard InChI is InChI=1S/C30H58O2Si2/c1-11-15-23-33(24-16-12-2,31-29(5,6)7)27-19-21-28(22-20-27)34(25-17-13-3,26-18-14-4)32-30(8,9)10/h19-22H,11-18,23-26H2,1-10H3. The Hall–Kier alpha value is -0.426. The molecule has 34 heavy (non-hydrogen) atoms. The molecule has 0 unspecified atom stereocenters. The summed E-state index contributed by atoms with van der Waals surface area (Å²) < 4.78 is 14.1. The molecule has 1 aromatic rings. The van der Waals surface area contributed by atoms with Crippen molar-refractivity contribution in [1.29, 1.82) is 0 Å². The number of rotatable bonds is 16. The molecule has 0 bridgehead atoms. The van der Waals surface area contributed by atoms with Gasteiger partial charge in [-0.1, -0.05) is 103 Å². The van der Waals surface area contributed by atoms with Crippen molar-refractivity contribution in [3.8, 4) is 0 Å². The van der Waals surface area contributed by atoms with E-state index < -0.39 is 16.6 Å². The molecule has 0 aliphatic heterocycles. The van der Waals surface area contributed by atoms with Crippen molar-refractivity contribution in [2.45, 2.75) is 156 Å². The van der Waals surface area contributed by atoms with Crippen LogP contribution in [0.1, 0.15) is 121 Å². The lowest BCUT2D eigenvalue weighted by molar-refractivity contribution is 0.119. The van der Waals surface area contributed by atoms with Crippen molar-refractivity contribution < 1.29 is 8.85 Å². The summed E-state index contributed by atoms with van der Waals surface area (Å²) in [6.07, 6.45) is 9.95. The Morgan fingerprint density at radius 1 is 0.500 bits per heavy atom. The molecule has 0 aromatic heterocycles. The molecule has 0 spiro atoms. The SMILES string of the molecule is CCCC[Si](CCCC)(OC(C)(C)C)c1ccc([Si](CCCC)(CCCC)OC(C)(C)C)cc1. The number of hydrogen-bond donors (Lipinski definition) is 0. The summed E-state index contributed by atoms with van der Waals surface area (Å²) in [7, 11) is -4.11. The van der Waals surface area contributed by atoms with E-state index in [4.69, 9.17) is 8.85 Å². The van der Waals surface area contributed by atoms with Crippen molar-refractivity contribution in [2.24, 2.45) is 0 Å². The van der Waals surface area contributed by atoms with Gasteiger partial charge < -0.3 is 8.85 Å². The molecule has 2 nitrogen and oxygen atoms in total. The third kappa shape index (κ3) is 10.3. The fraction of sp³-hybridized carbons (Fsp3) is 0.800. The third-order valence-corrected chi connectivity index (χ3v) is 16.1. The lowest BCUT2D eigenvalue weighted by atomic mass is 10.2. The second-order valence-corrected chi connectivity index (χ2v) is 19.9. The largest absolute Gasteiger partial charge is 0.408 e. The summed E-state index contributed by atoms with van der Waals surface area (Å²) in [5.74, 6) is 0. The quantitative estimate of drug-likeness (QED) is 0.208. The molecule has 1 aromatic carbocycles. The van der Waals surface area contributed by atoms with Crippen molar-refractivity contribution in [3.63, 3.8) is 0 Å². The van der Waals surface area contributed by atoms with E-state index in [1.165, 1.54) is 85.9 Å². The second kappa shape index (κ2) is 14.3. The monoisotopic (exact) mass is 506 g/mol. The van der Waals surface area contributed by atoms with Gasteiger partial charge in [-0.2, -0.15) is 0 Å². The number of benzene rings is 1. The van der Waals surface area contributed by atoms with Gasteiger partial charge in [0.1, 0.15) is 0 Å². The van der Waals surface area contributed by atoms with Crippen LogP contribution in [0.15, 0.2) is 24.3 Å². The lowest BCUT2D eigenvalue weighted by Gasteiger charge is -2.40. The first-order chi connectivity index (χ1) is 15.9. The Labute approximate surface area is 215 Å². The Bertz CT molecular complexity index is 596. The van der Waals surface area contributed by atoms with E-state index in [9.17, 15) is 0 Å². The van der Waals surface area contributed by atoms with E-state index in [2.05, 4.69) is 93.5 Å². The normalized spacial score (nSPS) is 13.5. The maximum Gasteiger partial charge on any atom is 0.224 e. The predicted molar refractivity (Wildman–Crippen MR) is 158 cm³/mol. The van der Waals surface area contributed by atoms with Gasteiger partial charge in [0.2, 0.25) is 16.6 Å². The highest BCUT2D eigenvalue weighted by molar-refractivity contribution is 6.88. The Kier molecular flexibility index (Phi) is 13.3. The highest BCUT2D eigenvalue weighted by Crippen LogP contribution is 2.31. The average Bonchev–Trinajstić information content (AvgIpc) is 2.76. The van der Waals surface area contributed by atoms with Crippen LogP contribution in [0, 0.1) is 0 Å². The molecule has 0 radical (unpaired) electrons. The molecule has 0 aliphatic carbocycles. The molecule has 0 aliphatic rings. The van der Waals surface area contributed by atoms with E-state index in [0.29, 0.717) is 0 Å². The first-order valence-corrected chi connectivity index (χ1v) is 19.0. The average molecular weight is 507 g/mol. The molecule has 0 amide bonds. The van der Waals surface area contributed by atoms with Crippen molar-refractivity contribution in [2.75, 3.05) is 0 Å². The van der Waals surface area contributed by atoms with Gasteiger partial charge in [0.15, 0.2) is 0 Å². The third-order valence-electron chi connectivity index (χ3n) is 6.68. The zero-order valence-electron chi connectivity index (χ0n) is 24.6. The smallest absolute Gasteiger partial charge is 0.224 e. The first kappa shape index (κ1) is 31.6. The zero-order chi connectivity index (χ0) is 25.9. The lowest BCUT2D eigenvalue weighted by Crippen LogP contribution is -2.57. The molecule has 1 rings (SSSR count). The van der Waals surface area contributed by atoms with Crippen LogP contribution in [-0.2, 0) is 8.85 Å². The van der Waals surface area contributed by atoms with Crippen LogP contribution < -0.4 is 10.4 Å². The summed E-state index contributed by atoms with van der Waals surface area (Å²) in [5, 5.41) is 3.00. The molecule has 0 saturated carbocycles. The summed E-state index contributed by atoms with van der Waals surface area (Å²) in [4.78, 5) is 0. The highest BCUT2D eigenvalue weighted by Gasteiger charge is 2.42. The van der Waals surface area contributed by atoms with Crippen LogP contribution >= 0.6 is 0 Å². The zero-order valence-corrected chi connectivity index (χ0v) is 26.6. The van der Waals surface area contributed by atoms with E-state index >= 15 is 0 Å². The van der Waals surface area contributed by atoms with Gasteiger partial charge in [-0.3, -0.25) is 0 Å². The highest BCUT2D eigenvalue weighted by atomic mass is 28.4. The molecular weight excluding hydrogens is 449 g/mol. The molecule has 198 valence electrons. The van der Waals surface area contributed by atoms with Gasteiger partial charge in [0, 0.05) is 11.2 Å². The molecular formula is C30H58O2Si2. The van der Waals surface area contributed by atoms with E-state index in [0.717, 1.165) is 0 Å². The fourth-order valence-corrected chi connectivity index (χ4v) is 15.1. The van der Waals surface area contributed by atoms with Crippen LogP contribution in [-0.4, -0.2) is 27.8 Å². The van der Waals surface area contributed by atoms with E-state index in [1.807, 2.05) is 0 Å². The maximum atomic E-state index is 7.07. The van der Waals surface area contributed by atoms with Crippen molar-refractivity contribution >= 4 is 27.0 Å². The summed E-state index contributed by atoms with van der Waals surface area (Å²) >= 11 is 0. The van der Waals surface area contributed by atoms with Crippen LogP contribution in [0.3, 0.4) is 0 Å². The number of unbranched alkanes of at least 4 members (excludes halogenated alkanes) is 4. The van der Waals surface area contributed by atoms with Crippen LogP contribution in [0.5, 0.6) is 0 Å². The Morgan fingerprint density at radius 2 is 0.735 bits per heavy atom. The molecule has 4 heteroatoms. The van der Waals surface area contributed by atoms with Gasteiger partial charge >= 0.3 is 0 Å². The van der Waals surface area contributed by atoms with Gasteiger partial charge in [0.05, 0.1) is 0 Å². The Balaban J connectivity index is 3.53. The van der Waals surface area contributed by atoms with Gasteiger partial charge in [-0.25, -0.2) is 0 Å². The maximum absolute atomic E-state index is 7.07. The van der Waals surface area contributed by atoms with E-state index in [-0.39, 0.29) is 11.2 Å². The minimum Gasteiger partial charge on any atom is -0.408 e. The van der Waals surface area contributed by atoms with Crippen LogP contribution in [0.2, 0.25) is 24.2 Å². The summed E-state index contributed by atoms with van der Waals surface area (Å²) in [6, 6.07) is 14.8. The molecule has 0 heterocycles. The molecule has 0 atom stereocenters. The molecule has 0 saturated heterocycles. The first-order valence-electron chi connectivity index (χ1n) is 14.4. The fourth-order valence-electron chi connectivity index (χ4n) is 5.25. The predicted octanol–water partition coefficient (Wildman–Crippen LogP) is 8.82. The minimum atomic E-state index is -2.05. The molecule has 0 N–H and O–H groups in total. The Morgan fingerprint density at radius 3 is 0.912 bits per heavy atom. The number of hydrogen-bond acceptors (Lipinski definition) is 2. The van der Waals surface area contributed by atoms with Gasteiger partial charge in [-0.15, -0.1) is 0 Å². The van der Waals surface area contributed by atoms with Gasteiger partial charge in [-0.05, 0) is 76.1 Å². The van der Waals surface area contributed by atoms with Crippen molar-refractivity contribution in [3.05, 3.63) is 24.3 Å². The summed E-state index contributed by atoms with van der Waals surface area (Å²) in [5.41, 5.74) is -0.217. The van der Waals surface area contributed by atoms with Crippen molar-refractivity contribution in [1.82, 2.24) is 0 Å². The second-order valence-electron chi connectivity index (χ2n) is 12.4. The van der Waals surface area contributed by atoms with Crippen LogP contribution in [0.25, 0.3) is 0 Å². The van der Waals surface area contributed by atoms with Crippen LogP contribution in [0.4, 0.5) is 0 Å². The topological polar surface area (TPSA) is 18.5 Å². The van der Waals surface area contributed by atoms with E-state index in [1.54, 1.807) is 0 Å².